The van der Waals surface area contributed by atoms with Crippen molar-refractivity contribution in [1.29, 1.82) is 0 Å². The van der Waals surface area contributed by atoms with Gasteiger partial charge in [-0.25, -0.2) is 4.79 Å². The van der Waals surface area contributed by atoms with Crippen molar-refractivity contribution in [2.75, 3.05) is 6.61 Å². The maximum atomic E-state index is 11.5. The molecule has 0 radical (unpaired) electrons. The lowest BCUT2D eigenvalue weighted by Gasteiger charge is -2.06. The van der Waals surface area contributed by atoms with Crippen molar-refractivity contribution in [3.05, 3.63) is 28.2 Å². The fourth-order valence-electron chi connectivity index (χ4n) is 1.19. The van der Waals surface area contributed by atoms with Crippen LogP contribution in [0.1, 0.15) is 13.8 Å². The Hall–Kier alpha value is -1.46. The smallest absolute Gasteiger partial charge is 0.340 e. The average molecular weight is 303 g/mol. The number of carbonyl (C=O) groups is 2. The molecule has 0 N–H and O–H groups in total. The number of ketones is 1. The molecule has 102 valence electrons. The summed E-state index contributed by atoms with van der Waals surface area (Å²) in [6.45, 7) is 3.06. The van der Waals surface area contributed by atoms with E-state index < -0.39 is 17.8 Å². The van der Waals surface area contributed by atoms with Crippen LogP contribution in [-0.2, 0) is 14.3 Å². The summed E-state index contributed by atoms with van der Waals surface area (Å²) in [6, 6.07) is 3.34. The first kappa shape index (κ1) is 15.6. The van der Waals surface area contributed by atoms with Crippen LogP contribution in [0.25, 0.3) is 0 Å². The SMILES string of the molecule is CCOC(=O)C(N=Nc1ccc(Cl)c(Cl)c1)C(C)=O. The standard InChI is InChI=1S/C12H12Cl2N2O3/c1-3-19-12(18)11(7(2)17)16-15-8-4-5-9(13)10(14)6-8/h4-6,11H,3H2,1-2H3. The Bertz CT molecular complexity index is 518. The number of hydrogen-bond donors (Lipinski definition) is 0. The molecule has 5 nitrogen and oxygen atoms in total. The third-order valence-electron chi connectivity index (χ3n) is 2.09. The van der Waals surface area contributed by atoms with E-state index in [2.05, 4.69) is 10.2 Å². The normalized spacial score (nSPS) is 12.4. The Morgan fingerprint density at radius 1 is 1.32 bits per heavy atom. The van der Waals surface area contributed by atoms with Gasteiger partial charge in [0.2, 0.25) is 6.04 Å². The fraction of sp³-hybridized carbons (Fsp3) is 0.333. The van der Waals surface area contributed by atoms with Crippen molar-refractivity contribution in [1.82, 2.24) is 0 Å². The molecule has 0 saturated heterocycles. The van der Waals surface area contributed by atoms with Crippen molar-refractivity contribution >= 4 is 40.6 Å². The molecular weight excluding hydrogens is 291 g/mol. The van der Waals surface area contributed by atoms with E-state index in [1.165, 1.54) is 13.0 Å². The summed E-state index contributed by atoms with van der Waals surface area (Å²) >= 11 is 11.6. The van der Waals surface area contributed by atoms with Gasteiger partial charge in [-0.3, -0.25) is 4.79 Å². The fourth-order valence-corrected chi connectivity index (χ4v) is 1.48. The van der Waals surface area contributed by atoms with Gasteiger partial charge in [0.1, 0.15) is 0 Å². The molecule has 0 aliphatic rings. The first-order chi connectivity index (χ1) is 8.95. The molecule has 0 aromatic heterocycles. The quantitative estimate of drug-likeness (QED) is 0.474. The van der Waals surface area contributed by atoms with Crippen molar-refractivity contribution in [3.63, 3.8) is 0 Å². The number of nitrogens with zero attached hydrogens (tertiary/aromatic N) is 2. The summed E-state index contributed by atoms with van der Waals surface area (Å²) < 4.78 is 4.74. The van der Waals surface area contributed by atoms with E-state index in [1.807, 2.05) is 0 Å². The maximum Gasteiger partial charge on any atom is 0.340 e. The van der Waals surface area contributed by atoms with E-state index >= 15 is 0 Å². The molecule has 0 spiro atoms. The van der Waals surface area contributed by atoms with Crippen molar-refractivity contribution < 1.29 is 14.3 Å². The number of halogens is 2. The van der Waals surface area contributed by atoms with Crippen LogP contribution < -0.4 is 0 Å². The van der Waals surface area contributed by atoms with Crippen LogP contribution in [0.5, 0.6) is 0 Å². The molecule has 0 saturated carbocycles. The second-order valence-electron chi connectivity index (χ2n) is 3.58. The van der Waals surface area contributed by atoms with Gasteiger partial charge in [0.05, 0.1) is 22.3 Å². The van der Waals surface area contributed by atoms with Crippen molar-refractivity contribution in [3.8, 4) is 0 Å². The van der Waals surface area contributed by atoms with Crippen LogP contribution in [0.4, 0.5) is 5.69 Å². The monoisotopic (exact) mass is 302 g/mol. The van der Waals surface area contributed by atoms with Gasteiger partial charge in [-0.1, -0.05) is 23.2 Å². The lowest BCUT2D eigenvalue weighted by molar-refractivity contribution is -0.147. The van der Waals surface area contributed by atoms with E-state index in [4.69, 9.17) is 27.9 Å². The van der Waals surface area contributed by atoms with Gasteiger partial charge < -0.3 is 4.74 Å². The predicted molar refractivity (Wildman–Crippen MR) is 72.1 cm³/mol. The van der Waals surface area contributed by atoms with Crippen molar-refractivity contribution in [2.45, 2.75) is 19.9 Å². The van der Waals surface area contributed by atoms with E-state index in [1.54, 1.807) is 19.1 Å². The highest BCUT2D eigenvalue weighted by molar-refractivity contribution is 6.42. The summed E-state index contributed by atoms with van der Waals surface area (Å²) in [6.07, 6.45) is 0. The van der Waals surface area contributed by atoms with E-state index in [0.29, 0.717) is 15.7 Å². The van der Waals surface area contributed by atoms with Gasteiger partial charge >= 0.3 is 5.97 Å². The Balaban J connectivity index is 2.89. The summed E-state index contributed by atoms with van der Waals surface area (Å²) in [5.41, 5.74) is 0.393. The molecule has 0 aliphatic heterocycles. The van der Waals surface area contributed by atoms with Crippen LogP contribution >= 0.6 is 23.2 Å². The maximum absolute atomic E-state index is 11.5. The van der Waals surface area contributed by atoms with E-state index in [0.717, 1.165) is 0 Å². The number of hydrogen-bond acceptors (Lipinski definition) is 5. The molecule has 0 fully saturated rings. The van der Waals surface area contributed by atoms with Gasteiger partial charge in [0, 0.05) is 0 Å². The predicted octanol–water partition coefficient (Wildman–Crippen LogP) is 3.60. The number of ether oxygens (including phenoxy) is 1. The van der Waals surface area contributed by atoms with E-state index in [9.17, 15) is 9.59 Å². The van der Waals surface area contributed by atoms with Crippen molar-refractivity contribution in [2.24, 2.45) is 10.2 Å². The highest BCUT2D eigenvalue weighted by atomic mass is 35.5. The second kappa shape index (κ2) is 7.21. The summed E-state index contributed by atoms with van der Waals surface area (Å²) in [5.74, 6) is -1.17. The number of esters is 1. The summed E-state index contributed by atoms with van der Waals surface area (Å²) in [7, 11) is 0. The molecule has 1 aromatic rings. The Labute approximate surface area is 120 Å². The minimum absolute atomic E-state index is 0.172. The number of carbonyl (C=O) groups excluding carboxylic acids is 2. The molecule has 19 heavy (non-hydrogen) atoms. The van der Waals surface area contributed by atoms with Gasteiger partial charge in [-0.2, -0.15) is 10.2 Å². The molecule has 7 heteroatoms. The first-order valence-corrected chi connectivity index (χ1v) is 6.24. The molecule has 1 aromatic carbocycles. The molecule has 0 heterocycles. The molecule has 1 rings (SSSR count). The van der Waals surface area contributed by atoms with Gasteiger partial charge in [-0.05, 0) is 32.0 Å². The minimum Gasteiger partial charge on any atom is -0.464 e. The van der Waals surface area contributed by atoms with Gasteiger partial charge in [-0.15, -0.1) is 0 Å². The molecular formula is C12H12Cl2N2O3. The zero-order valence-corrected chi connectivity index (χ0v) is 11.9. The lowest BCUT2D eigenvalue weighted by Crippen LogP contribution is -2.28. The van der Waals surface area contributed by atoms with E-state index in [-0.39, 0.29) is 6.61 Å². The highest BCUT2D eigenvalue weighted by Gasteiger charge is 2.24. The Morgan fingerprint density at radius 3 is 2.53 bits per heavy atom. The van der Waals surface area contributed by atoms with Crippen LogP contribution in [-0.4, -0.2) is 24.4 Å². The summed E-state index contributed by atoms with van der Waals surface area (Å²) in [5, 5.41) is 8.17. The number of Topliss-reactive ketones (excluding diaryl/α,β-unsaturated/α-hetero) is 1. The highest BCUT2D eigenvalue weighted by Crippen LogP contribution is 2.26. The average Bonchev–Trinajstić information content (AvgIpc) is 2.33. The van der Waals surface area contributed by atoms with Crippen LogP contribution in [0, 0.1) is 0 Å². The summed E-state index contributed by atoms with van der Waals surface area (Å²) in [4.78, 5) is 22.8. The lowest BCUT2D eigenvalue weighted by atomic mass is 10.2. The molecule has 0 amide bonds. The molecule has 0 aliphatic carbocycles. The van der Waals surface area contributed by atoms with Gasteiger partial charge in [0.25, 0.3) is 0 Å². The first-order valence-electron chi connectivity index (χ1n) is 5.48. The molecule has 0 bridgehead atoms. The molecule has 1 unspecified atom stereocenters. The Kier molecular flexibility index (Phi) is 5.92. The third-order valence-corrected chi connectivity index (χ3v) is 2.83. The third kappa shape index (κ3) is 4.61. The zero-order valence-electron chi connectivity index (χ0n) is 10.4. The van der Waals surface area contributed by atoms with Crippen LogP contribution in [0.3, 0.4) is 0 Å². The number of benzene rings is 1. The van der Waals surface area contributed by atoms with Crippen LogP contribution in [0.2, 0.25) is 10.0 Å². The zero-order chi connectivity index (χ0) is 14.4. The largest absolute Gasteiger partial charge is 0.464 e. The van der Waals surface area contributed by atoms with Crippen LogP contribution in [0.15, 0.2) is 28.4 Å². The number of azo groups is 1. The topological polar surface area (TPSA) is 68.1 Å². The van der Waals surface area contributed by atoms with Gasteiger partial charge in [0.15, 0.2) is 5.78 Å². The minimum atomic E-state index is -1.26. The second-order valence-corrected chi connectivity index (χ2v) is 4.39. The number of rotatable bonds is 5. The molecule has 1 atom stereocenters. The Morgan fingerprint density at radius 2 is 2.00 bits per heavy atom.